The van der Waals surface area contributed by atoms with Crippen LogP contribution < -0.4 is 10.6 Å². The Kier molecular flexibility index (Phi) is 7.60. The van der Waals surface area contributed by atoms with Gasteiger partial charge < -0.3 is 15.4 Å². The van der Waals surface area contributed by atoms with E-state index in [1.165, 1.54) is 18.4 Å². The van der Waals surface area contributed by atoms with Crippen LogP contribution in [0, 0.1) is 0 Å². The molecule has 0 atom stereocenters. The average Bonchev–Trinajstić information content (AvgIpc) is 2.61. The number of hydrogen-bond donors (Lipinski definition) is 2. The summed E-state index contributed by atoms with van der Waals surface area (Å²) in [6.45, 7) is 5.85. The third kappa shape index (κ3) is 6.48. The molecule has 5 heteroatoms. The van der Waals surface area contributed by atoms with E-state index in [0.29, 0.717) is 10.7 Å². The Bertz CT molecular complexity index is 725. The Morgan fingerprint density at radius 2 is 1.54 bits per heavy atom. The van der Waals surface area contributed by atoms with Gasteiger partial charge in [0.1, 0.15) is 0 Å². The molecule has 0 radical (unpaired) electrons. The molecule has 138 valence electrons. The molecular weight excluding hydrogens is 344 g/mol. The van der Waals surface area contributed by atoms with Crippen LogP contribution in [0.5, 0.6) is 0 Å². The summed E-state index contributed by atoms with van der Waals surface area (Å²) in [6, 6.07) is 15.4. The third-order valence-electron chi connectivity index (χ3n) is 3.75. The molecule has 0 saturated heterocycles. The maximum Gasteiger partial charge on any atom is 0.338 e. The molecule has 0 fully saturated rings. The first-order valence-electron chi connectivity index (χ1n) is 8.96. The molecule has 0 bridgehead atoms. The van der Waals surface area contributed by atoms with Gasteiger partial charge in [0.15, 0.2) is 5.11 Å². The number of hydrogen-bond acceptors (Lipinski definition) is 3. The number of nitrogens with one attached hydrogen (secondary N) is 2. The lowest BCUT2D eigenvalue weighted by Gasteiger charge is -2.12. The van der Waals surface area contributed by atoms with E-state index in [9.17, 15) is 4.79 Å². The Balaban J connectivity index is 1.88. The van der Waals surface area contributed by atoms with Gasteiger partial charge in [0.05, 0.1) is 11.7 Å². The maximum absolute atomic E-state index is 11.8. The molecule has 0 amide bonds. The number of esters is 1. The van der Waals surface area contributed by atoms with Crippen molar-refractivity contribution in [2.24, 2.45) is 0 Å². The number of rotatable bonds is 7. The Morgan fingerprint density at radius 1 is 1.00 bits per heavy atom. The van der Waals surface area contributed by atoms with Gasteiger partial charge in [-0.15, -0.1) is 0 Å². The SMILES string of the molecule is CCCCc1ccc(NC(=S)Nc2ccc(C(=O)OC(C)C)cc2)cc1. The van der Waals surface area contributed by atoms with E-state index < -0.39 is 0 Å². The van der Waals surface area contributed by atoms with Gasteiger partial charge in [-0.1, -0.05) is 25.5 Å². The van der Waals surface area contributed by atoms with E-state index in [0.717, 1.165) is 17.8 Å². The molecule has 2 aromatic carbocycles. The first-order chi connectivity index (χ1) is 12.5. The van der Waals surface area contributed by atoms with Crippen molar-refractivity contribution in [1.82, 2.24) is 0 Å². The summed E-state index contributed by atoms with van der Waals surface area (Å²) in [5, 5.41) is 6.78. The molecule has 4 nitrogen and oxygen atoms in total. The smallest absolute Gasteiger partial charge is 0.338 e. The van der Waals surface area contributed by atoms with E-state index in [1.807, 2.05) is 26.0 Å². The van der Waals surface area contributed by atoms with Gasteiger partial charge in [0, 0.05) is 11.4 Å². The van der Waals surface area contributed by atoms with E-state index in [1.54, 1.807) is 24.3 Å². The van der Waals surface area contributed by atoms with Crippen LogP contribution in [0.15, 0.2) is 48.5 Å². The minimum atomic E-state index is -0.324. The van der Waals surface area contributed by atoms with Crippen LogP contribution >= 0.6 is 12.2 Å². The fourth-order valence-corrected chi connectivity index (χ4v) is 2.64. The average molecular weight is 371 g/mol. The zero-order chi connectivity index (χ0) is 18.9. The lowest BCUT2D eigenvalue weighted by molar-refractivity contribution is 0.0378. The highest BCUT2D eigenvalue weighted by molar-refractivity contribution is 7.80. The highest BCUT2D eigenvalue weighted by Gasteiger charge is 2.09. The monoisotopic (exact) mass is 370 g/mol. The highest BCUT2D eigenvalue weighted by atomic mass is 32.1. The van der Waals surface area contributed by atoms with Crippen LogP contribution in [-0.4, -0.2) is 17.2 Å². The van der Waals surface area contributed by atoms with E-state index in [4.69, 9.17) is 17.0 Å². The molecule has 0 saturated carbocycles. The quantitative estimate of drug-likeness (QED) is 0.504. The summed E-state index contributed by atoms with van der Waals surface area (Å²) < 4.78 is 5.17. The zero-order valence-electron chi connectivity index (χ0n) is 15.5. The number of carbonyl (C=O) groups is 1. The first kappa shape index (κ1) is 19.9. The number of unbranched alkanes of at least 4 members (excludes halogenated alkanes) is 1. The highest BCUT2D eigenvalue weighted by Crippen LogP contribution is 2.14. The minimum absolute atomic E-state index is 0.134. The zero-order valence-corrected chi connectivity index (χ0v) is 16.4. The van der Waals surface area contributed by atoms with Gasteiger partial charge in [-0.2, -0.15) is 0 Å². The minimum Gasteiger partial charge on any atom is -0.459 e. The number of carbonyl (C=O) groups excluding carboxylic acids is 1. The summed E-state index contributed by atoms with van der Waals surface area (Å²) in [7, 11) is 0. The summed E-state index contributed by atoms with van der Waals surface area (Å²) in [5.74, 6) is -0.324. The summed E-state index contributed by atoms with van der Waals surface area (Å²) in [4.78, 5) is 11.8. The van der Waals surface area contributed by atoms with Crippen LogP contribution in [0.4, 0.5) is 11.4 Å². The second-order valence-electron chi connectivity index (χ2n) is 6.41. The number of benzene rings is 2. The van der Waals surface area contributed by atoms with E-state index in [-0.39, 0.29) is 12.1 Å². The molecule has 0 aromatic heterocycles. The molecule has 2 rings (SSSR count). The summed E-state index contributed by atoms with van der Waals surface area (Å²) in [6.07, 6.45) is 3.37. The molecule has 2 aromatic rings. The lowest BCUT2D eigenvalue weighted by Crippen LogP contribution is -2.19. The third-order valence-corrected chi connectivity index (χ3v) is 3.96. The fourth-order valence-electron chi connectivity index (χ4n) is 2.40. The van der Waals surface area contributed by atoms with Crippen molar-refractivity contribution in [1.29, 1.82) is 0 Å². The van der Waals surface area contributed by atoms with Gasteiger partial charge in [0.25, 0.3) is 0 Å². The first-order valence-corrected chi connectivity index (χ1v) is 9.36. The molecule has 0 spiro atoms. The van der Waals surface area contributed by atoms with Crippen molar-refractivity contribution in [3.63, 3.8) is 0 Å². The van der Waals surface area contributed by atoms with Gasteiger partial charge in [-0.3, -0.25) is 0 Å². The summed E-state index contributed by atoms with van der Waals surface area (Å²) in [5.41, 5.74) is 3.61. The van der Waals surface area contributed by atoms with Crippen LogP contribution in [-0.2, 0) is 11.2 Å². The van der Waals surface area contributed by atoms with Crippen LogP contribution in [0.2, 0.25) is 0 Å². The second-order valence-corrected chi connectivity index (χ2v) is 6.82. The van der Waals surface area contributed by atoms with Gasteiger partial charge >= 0.3 is 5.97 Å². The van der Waals surface area contributed by atoms with Crippen LogP contribution in [0.25, 0.3) is 0 Å². The van der Waals surface area contributed by atoms with Crippen molar-refractivity contribution < 1.29 is 9.53 Å². The topological polar surface area (TPSA) is 50.4 Å². The predicted molar refractivity (Wildman–Crippen MR) is 112 cm³/mol. The molecule has 0 aliphatic rings. The Labute approximate surface area is 161 Å². The number of thiocarbonyl (C=S) groups is 1. The van der Waals surface area contributed by atoms with Crippen LogP contribution in [0.1, 0.15) is 49.5 Å². The van der Waals surface area contributed by atoms with Crippen molar-refractivity contribution in [2.75, 3.05) is 10.6 Å². The summed E-state index contributed by atoms with van der Waals surface area (Å²) >= 11 is 5.35. The number of ether oxygens (including phenoxy) is 1. The van der Waals surface area contributed by atoms with Gasteiger partial charge in [-0.25, -0.2) is 4.79 Å². The fraction of sp³-hybridized carbons (Fsp3) is 0.333. The van der Waals surface area contributed by atoms with Gasteiger partial charge in [-0.05, 0) is 80.9 Å². The number of anilines is 2. The molecule has 0 aliphatic carbocycles. The van der Waals surface area contributed by atoms with Gasteiger partial charge in [0.2, 0.25) is 0 Å². The number of aryl methyl sites for hydroxylation is 1. The molecule has 0 aliphatic heterocycles. The molecule has 2 N–H and O–H groups in total. The Morgan fingerprint density at radius 3 is 2.04 bits per heavy atom. The molecule has 0 unspecified atom stereocenters. The molecule has 26 heavy (non-hydrogen) atoms. The molecular formula is C21H26N2O2S. The maximum atomic E-state index is 11.8. The predicted octanol–water partition coefficient (Wildman–Crippen LogP) is 5.40. The largest absolute Gasteiger partial charge is 0.459 e. The van der Waals surface area contributed by atoms with Crippen molar-refractivity contribution >= 4 is 34.7 Å². The standard InChI is InChI=1S/C21H26N2O2S/c1-4-5-6-16-7-11-18(12-8-16)22-21(26)23-19-13-9-17(10-14-19)20(24)25-15(2)3/h7-15H,4-6H2,1-3H3,(H2,22,23,26). The van der Waals surface area contributed by atoms with E-state index in [2.05, 4.69) is 29.7 Å². The van der Waals surface area contributed by atoms with Crippen LogP contribution in [0.3, 0.4) is 0 Å². The lowest BCUT2D eigenvalue weighted by atomic mass is 10.1. The Hall–Kier alpha value is -2.40. The normalized spacial score (nSPS) is 10.5. The van der Waals surface area contributed by atoms with Crippen molar-refractivity contribution in [2.45, 2.75) is 46.1 Å². The van der Waals surface area contributed by atoms with E-state index >= 15 is 0 Å². The van der Waals surface area contributed by atoms with Crippen molar-refractivity contribution in [3.8, 4) is 0 Å². The molecule has 0 heterocycles. The second kappa shape index (κ2) is 9.92. The van der Waals surface area contributed by atoms with Crippen molar-refractivity contribution in [3.05, 3.63) is 59.7 Å².